The summed E-state index contributed by atoms with van der Waals surface area (Å²) < 4.78 is 12.9. The number of rotatable bonds is 5. The fourth-order valence-corrected chi connectivity index (χ4v) is 1.48. The fourth-order valence-electron chi connectivity index (χ4n) is 1.48. The number of aliphatic hydroxyl groups is 1. The average molecular weight is 239 g/mol. The van der Waals surface area contributed by atoms with Gasteiger partial charge in [0.25, 0.3) is 0 Å². The number of nitrogens with one attached hydrogen (secondary N) is 1. The maximum Gasteiger partial charge on any atom is 0.224 e. The summed E-state index contributed by atoms with van der Waals surface area (Å²) in [5, 5.41) is 11.8. The number of halogens is 1. The molecule has 1 aromatic rings. The predicted molar refractivity (Wildman–Crippen MR) is 65.0 cm³/mol. The van der Waals surface area contributed by atoms with E-state index in [2.05, 4.69) is 5.32 Å². The van der Waals surface area contributed by atoms with Crippen LogP contribution in [0.15, 0.2) is 18.2 Å². The molecule has 0 spiro atoms. The summed E-state index contributed by atoms with van der Waals surface area (Å²) in [6.45, 7) is 3.73. The zero-order valence-corrected chi connectivity index (χ0v) is 10.2. The highest BCUT2D eigenvalue weighted by Gasteiger charge is 2.10. The summed E-state index contributed by atoms with van der Waals surface area (Å²) >= 11 is 0. The first kappa shape index (κ1) is 13.6. The van der Waals surface area contributed by atoms with Gasteiger partial charge >= 0.3 is 0 Å². The normalized spacial score (nSPS) is 12.2. The van der Waals surface area contributed by atoms with E-state index in [0.29, 0.717) is 23.6 Å². The number of anilines is 1. The quantitative estimate of drug-likeness (QED) is 0.830. The van der Waals surface area contributed by atoms with E-state index in [9.17, 15) is 9.18 Å². The van der Waals surface area contributed by atoms with Gasteiger partial charge in [0.1, 0.15) is 5.82 Å². The Labute approximate surface area is 101 Å². The van der Waals surface area contributed by atoms with Crippen LogP contribution in [0.4, 0.5) is 10.1 Å². The molecule has 1 rings (SSSR count). The molecule has 94 valence electrons. The van der Waals surface area contributed by atoms with Crippen LogP contribution in [0, 0.1) is 11.7 Å². The van der Waals surface area contributed by atoms with Crippen molar-refractivity contribution in [2.45, 2.75) is 33.3 Å². The van der Waals surface area contributed by atoms with Crippen LogP contribution in [0.2, 0.25) is 0 Å². The Balaban J connectivity index is 2.71. The smallest absolute Gasteiger partial charge is 0.224 e. The molecule has 17 heavy (non-hydrogen) atoms. The lowest BCUT2D eigenvalue weighted by Crippen LogP contribution is -2.16. The Hall–Kier alpha value is -1.42. The second-order valence-electron chi connectivity index (χ2n) is 4.23. The maximum absolute atomic E-state index is 12.9. The molecule has 0 bridgehead atoms. The van der Waals surface area contributed by atoms with Gasteiger partial charge in [-0.3, -0.25) is 4.79 Å². The summed E-state index contributed by atoms with van der Waals surface area (Å²) in [6, 6.07) is 3.95. The molecule has 0 saturated heterocycles. The van der Waals surface area contributed by atoms with Crippen LogP contribution in [0.3, 0.4) is 0 Å². The Morgan fingerprint density at radius 3 is 2.82 bits per heavy atom. The van der Waals surface area contributed by atoms with E-state index in [0.717, 1.165) is 6.42 Å². The molecule has 1 aromatic carbocycles. The van der Waals surface area contributed by atoms with Gasteiger partial charge in [-0.1, -0.05) is 20.3 Å². The zero-order chi connectivity index (χ0) is 12.8. The molecule has 0 radical (unpaired) electrons. The van der Waals surface area contributed by atoms with Crippen molar-refractivity contribution in [3.05, 3.63) is 29.6 Å². The molecular formula is C13H18FNO2. The maximum atomic E-state index is 12.9. The van der Waals surface area contributed by atoms with Crippen molar-refractivity contribution in [2.24, 2.45) is 5.92 Å². The monoisotopic (exact) mass is 239 g/mol. The number of aliphatic hydroxyl groups excluding tert-OH is 1. The molecule has 1 unspecified atom stereocenters. The van der Waals surface area contributed by atoms with E-state index in [1.165, 1.54) is 18.2 Å². The van der Waals surface area contributed by atoms with Gasteiger partial charge in [-0.25, -0.2) is 4.39 Å². The van der Waals surface area contributed by atoms with Crippen LogP contribution >= 0.6 is 0 Å². The lowest BCUT2D eigenvalue weighted by Gasteiger charge is -2.11. The second-order valence-corrected chi connectivity index (χ2v) is 4.23. The predicted octanol–water partition coefficient (Wildman–Crippen LogP) is 2.69. The summed E-state index contributed by atoms with van der Waals surface area (Å²) in [5.74, 6) is -0.220. The number of amides is 1. The molecule has 3 nitrogen and oxygen atoms in total. The van der Waals surface area contributed by atoms with Crippen molar-refractivity contribution in [3.8, 4) is 0 Å². The number of carbonyl (C=O) groups excluding carboxylic acids is 1. The Bertz CT molecular complexity index is 393. The number of hydrogen-bond donors (Lipinski definition) is 2. The van der Waals surface area contributed by atoms with Crippen LogP contribution in [-0.4, -0.2) is 11.0 Å². The van der Waals surface area contributed by atoms with Crippen molar-refractivity contribution in [1.82, 2.24) is 0 Å². The molecule has 0 aliphatic rings. The molecule has 0 aromatic heterocycles. The van der Waals surface area contributed by atoms with Crippen LogP contribution in [0.1, 0.15) is 32.3 Å². The summed E-state index contributed by atoms with van der Waals surface area (Å²) in [7, 11) is 0. The van der Waals surface area contributed by atoms with E-state index < -0.39 is 5.82 Å². The first-order chi connectivity index (χ1) is 8.06. The Kier molecular flexibility index (Phi) is 5.10. The molecule has 0 saturated carbocycles. The molecule has 0 aliphatic carbocycles. The van der Waals surface area contributed by atoms with Crippen LogP contribution < -0.4 is 5.32 Å². The Morgan fingerprint density at radius 1 is 1.53 bits per heavy atom. The van der Waals surface area contributed by atoms with Crippen molar-refractivity contribution < 1.29 is 14.3 Å². The van der Waals surface area contributed by atoms with Crippen molar-refractivity contribution in [2.75, 3.05) is 5.32 Å². The summed E-state index contributed by atoms with van der Waals surface area (Å²) in [4.78, 5) is 11.6. The van der Waals surface area contributed by atoms with Gasteiger partial charge in [0.15, 0.2) is 0 Å². The van der Waals surface area contributed by atoms with E-state index >= 15 is 0 Å². The largest absolute Gasteiger partial charge is 0.392 e. The van der Waals surface area contributed by atoms with Crippen LogP contribution in [0.25, 0.3) is 0 Å². The minimum absolute atomic E-state index is 0.111. The van der Waals surface area contributed by atoms with Gasteiger partial charge in [-0.05, 0) is 24.1 Å². The standard InChI is InChI=1S/C13H18FNO2/c1-3-9(2)6-13(17)15-12-5-4-11(14)7-10(12)8-16/h4-5,7,9,16H,3,6,8H2,1-2H3,(H,15,17). The second kappa shape index (κ2) is 6.35. The highest BCUT2D eigenvalue weighted by atomic mass is 19.1. The topological polar surface area (TPSA) is 49.3 Å². The fraction of sp³-hybridized carbons (Fsp3) is 0.462. The average Bonchev–Trinajstić information content (AvgIpc) is 2.31. The lowest BCUT2D eigenvalue weighted by molar-refractivity contribution is -0.117. The van der Waals surface area contributed by atoms with Crippen molar-refractivity contribution in [3.63, 3.8) is 0 Å². The molecule has 2 N–H and O–H groups in total. The minimum atomic E-state index is -0.422. The highest BCUT2D eigenvalue weighted by molar-refractivity contribution is 5.91. The third-order valence-corrected chi connectivity index (χ3v) is 2.74. The minimum Gasteiger partial charge on any atom is -0.392 e. The molecule has 0 aliphatic heterocycles. The summed E-state index contributed by atoms with van der Waals surface area (Å²) in [6.07, 6.45) is 1.36. The first-order valence-corrected chi connectivity index (χ1v) is 5.76. The van der Waals surface area contributed by atoms with Gasteiger partial charge in [-0.15, -0.1) is 0 Å². The molecular weight excluding hydrogens is 221 g/mol. The van der Waals surface area contributed by atoms with Gasteiger partial charge in [0, 0.05) is 17.7 Å². The SMILES string of the molecule is CCC(C)CC(=O)Nc1ccc(F)cc1CO. The van der Waals surface area contributed by atoms with E-state index in [1.54, 1.807) is 0 Å². The third kappa shape index (κ3) is 4.15. The van der Waals surface area contributed by atoms with Gasteiger partial charge in [0.2, 0.25) is 5.91 Å². The number of benzene rings is 1. The molecule has 1 amide bonds. The van der Waals surface area contributed by atoms with Gasteiger partial charge < -0.3 is 10.4 Å². The van der Waals surface area contributed by atoms with Crippen molar-refractivity contribution >= 4 is 11.6 Å². The lowest BCUT2D eigenvalue weighted by atomic mass is 10.0. The first-order valence-electron chi connectivity index (χ1n) is 5.76. The number of carbonyl (C=O) groups is 1. The van der Waals surface area contributed by atoms with Gasteiger partial charge in [0.05, 0.1) is 6.61 Å². The van der Waals surface area contributed by atoms with E-state index in [1.807, 2.05) is 13.8 Å². The van der Waals surface area contributed by atoms with Crippen molar-refractivity contribution in [1.29, 1.82) is 0 Å². The molecule has 0 fully saturated rings. The molecule has 4 heteroatoms. The van der Waals surface area contributed by atoms with Gasteiger partial charge in [-0.2, -0.15) is 0 Å². The third-order valence-electron chi connectivity index (χ3n) is 2.74. The van der Waals surface area contributed by atoms with Crippen LogP contribution in [-0.2, 0) is 11.4 Å². The number of hydrogen-bond acceptors (Lipinski definition) is 2. The highest BCUT2D eigenvalue weighted by Crippen LogP contribution is 2.18. The molecule has 0 heterocycles. The summed E-state index contributed by atoms with van der Waals surface area (Å²) in [5.41, 5.74) is 0.865. The van der Waals surface area contributed by atoms with E-state index in [-0.39, 0.29) is 12.5 Å². The zero-order valence-electron chi connectivity index (χ0n) is 10.2. The van der Waals surface area contributed by atoms with E-state index in [4.69, 9.17) is 5.11 Å². The van der Waals surface area contributed by atoms with Crippen LogP contribution in [0.5, 0.6) is 0 Å². The molecule has 1 atom stereocenters. The Morgan fingerprint density at radius 2 is 2.24 bits per heavy atom.